The minimum atomic E-state index is -1.25. The van der Waals surface area contributed by atoms with Gasteiger partial charge in [-0.1, -0.05) is 36.4 Å². The second-order valence-electron chi connectivity index (χ2n) is 6.78. The molecule has 0 aromatic heterocycles. The zero-order chi connectivity index (χ0) is 23.4. The lowest BCUT2D eigenvalue weighted by Gasteiger charge is -2.42. The van der Waals surface area contributed by atoms with Gasteiger partial charge in [-0.2, -0.15) is 23.5 Å². The Bertz CT molecular complexity index is 952. The molecule has 0 N–H and O–H groups in total. The third kappa shape index (κ3) is 6.13. The highest BCUT2D eigenvalue weighted by Gasteiger charge is 2.48. The molecule has 168 valence electrons. The van der Waals surface area contributed by atoms with Crippen LogP contribution in [0.4, 0.5) is 0 Å². The smallest absolute Gasteiger partial charge is 0.358 e. The standard InChI is InChI=1S/C20H22N2O3S.2CO2/c23-19(17-7-3-1-4-8-17)21-13-11-20(12-14-21)22(15-16-25-20)26(24)18-9-5-2-6-10-18;2*2-1-3/h1-10H,11-16H2;;. The van der Waals surface area contributed by atoms with E-state index in [1.165, 1.54) is 0 Å². The molecule has 1 atom stereocenters. The van der Waals surface area contributed by atoms with Crippen LogP contribution in [0.25, 0.3) is 0 Å². The molecule has 0 saturated carbocycles. The van der Waals surface area contributed by atoms with Gasteiger partial charge in [0.1, 0.15) is 16.7 Å². The largest absolute Gasteiger partial charge is 0.373 e. The Hall–Kier alpha value is -3.26. The van der Waals surface area contributed by atoms with Crippen LogP contribution in [0, 0.1) is 0 Å². The summed E-state index contributed by atoms with van der Waals surface area (Å²) in [6.45, 7) is 2.44. The summed E-state index contributed by atoms with van der Waals surface area (Å²) < 4.78 is 21.1. The maximum absolute atomic E-state index is 13.0. The zero-order valence-electron chi connectivity index (χ0n) is 17.2. The molecule has 2 aromatic carbocycles. The molecule has 10 heteroatoms. The van der Waals surface area contributed by atoms with Crippen LogP contribution >= 0.6 is 0 Å². The van der Waals surface area contributed by atoms with Gasteiger partial charge in [-0.3, -0.25) is 4.79 Å². The highest BCUT2D eigenvalue weighted by atomic mass is 32.2. The summed E-state index contributed by atoms with van der Waals surface area (Å²) in [5.41, 5.74) is 0.175. The zero-order valence-corrected chi connectivity index (χ0v) is 18.0. The predicted octanol–water partition coefficient (Wildman–Crippen LogP) is 1.51. The quantitative estimate of drug-likeness (QED) is 0.684. The molecule has 9 nitrogen and oxygen atoms in total. The Balaban J connectivity index is 0.000000547. The molecule has 2 aliphatic heterocycles. The van der Waals surface area contributed by atoms with Crippen molar-refractivity contribution < 1.29 is 32.9 Å². The van der Waals surface area contributed by atoms with Crippen molar-refractivity contribution in [3.05, 3.63) is 66.2 Å². The average Bonchev–Trinajstić information content (AvgIpc) is 3.23. The highest BCUT2D eigenvalue weighted by molar-refractivity contribution is 7.82. The van der Waals surface area contributed by atoms with E-state index in [2.05, 4.69) is 0 Å². The maximum atomic E-state index is 13.0. The molecule has 1 spiro atoms. The number of ether oxygens (including phenoxy) is 1. The van der Waals surface area contributed by atoms with Crippen LogP contribution in [0.1, 0.15) is 23.2 Å². The molecule has 2 fully saturated rings. The summed E-state index contributed by atoms with van der Waals surface area (Å²) in [7, 11) is -1.25. The van der Waals surface area contributed by atoms with E-state index in [9.17, 15) is 9.00 Å². The number of carbonyl (C=O) groups excluding carboxylic acids is 5. The lowest BCUT2D eigenvalue weighted by atomic mass is 10.00. The summed E-state index contributed by atoms with van der Waals surface area (Å²) in [6, 6.07) is 18.8. The van der Waals surface area contributed by atoms with Crippen molar-refractivity contribution in [3.8, 4) is 0 Å². The van der Waals surface area contributed by atoms with Crippen molar-refractivity contribution in [2.45, 2.75) is 23.5 Å². The van der Waals surface area contributed by atoms with Crippen LogP contribution in [0.15, 0.2) is 65.6 Å². The molecule has 4 rings (SSSR count). The Morgan fingerprint density at radius 2 is 1.34 bits per heavy atom. The number of hydrogen-bond acceptors (Lipinski definition) is 7. The summed E-state index contributed by atoms with van der Waals surface area (Å²) in [5, 5.41) is 0. The fourth-order valence-electron chi connectivity index (χ4n) is 3.71. The second-order valence-corrected chi connectivity index (χ2v) is 8.19. The van der Waals surface area contributed by atoms with Crippen molar-refractivity contribution >= 4 is 29.2 Å². The topological polar surface area (TPSA) is 118 Å². The molecule has 0 aliphatic carbocycles. The van der Waals surface area contributed by atoms with Gasteiger partial charge in [0.15, 0.2) is 0 Å². The van der Waals surface area contributed by atoms with E-state index < -0.39 is 16.7 Å². The Morgan fingerprint density at radius 1 is 0.844 bits per heavy atom. The van der Waals surface area contributed by atoms with Gasteiger partial charge in [0.05, 0.1) is 11.5 Å². The van der Waals surface area contributed by atoms with Crippen LogP contribution in [0.2, 0.25) is 0 Å². The van der Waals surface area contributed by atoms with Crippen LogP contribution in [-0.2, 0) is 34.9 Å². The molecule has 2 saturated heterocycles. The van der Waals surface area contributed by atoms with Gasteiger partial charge >= 0.3 is 12.3 Å². The summed E-state index contributed by atoms with van der Waals surface area (Å²) in [4.78, 5) is 47.8. The first kappa shape index (κ1) is 25.0. The van der Waals surface area contributed by atoms with Crippen molar-refractivity contribution in [1.82, 2.24) is 9.21 Å². The maximum Gasteiger partial charge on any atom is 0.373 e. The molecule has 1 amide bonds. The van der Waals surface area contributed by atoms with E-state index in [0.717, 1.165) is 4.90 Å². The lowest BCUT2D eigenvalue weighted by molar-refractivity contribution is -0.193. The number of benzene rings is 2. The van der Waals surface area contributed by atoms with E-state index >= 15 is 0 Å². The SMILES string of the molecule is O=C(c1ccccc1)N1CCC2(CC1)OCCN2S(=O)c1ccccc1.O=C=O.O=C=O. The van der Waals surface area contributed by atoms with Crippen LogP contribution in [0.5, 0.6) is 0 Å². The van der Waals surface area contributed by atoms with Crippen molar-refractivity contribution in [2.75, 3.05) is 26.2 Å². The number of nitrogens with zero attached hydrogens (tertiary/aromatic N) is 2. The van der Waals surface area contributed by atoms with Gasteiger partial charge in [0.2, 0.25) is 0 Å². The first-order chi connectivity index (χ1) is 15.5. The van der Waals surface area contributed by atoms with Crippen LogP contribution in [-0.4, -0.2) is 63.6 Å². The second kappa shape index (κ2) is 12.6. The number of rotatable bonds is 3. The summed E-state index contributed by atoms with van der Waals surface area (Å²) >= 11 is 0. The first-order valence-corrected chi connectivity index (χ1v) is 10.8. The van der Waals surface area contributed by atoms with E-state index in [1.807, 2.05) is 69.9 Å². The molecule has 0 bridgehead atoms. The number of amides is 1. The molecule has 2 aromatic rings. The normalized spacial score (nSPS) is 17.6. The van der Waals surface area contributed by atoms with Crippen molar-refractivity contribution in [2.24, 2.45) is 0 Å². The third-order valence-corrected chi connectivity index (χ3v) is 6.71. The fraction of sp³-hybridized carbons (Fsp3) is 0.318. The van der Waals surface area contributed by atoms with Gasteiger partial charge in [-0.15, -0.1) is 0 Å². The van der Waals surface area contributed by atoms with Gasteiger partial charge in [-0.25, -0.2) is 4.21 Å². The molecular weight excluding hydrogens is 436 g/mol. The predicted molar refractivity (Wildman–Crippen MR) is 110 cm³/mol. The average molecular weight is 458 g/mol. The summed E-state index contributed by atoms with van der Waals surface area (Å²) in [5.74, 6) is 0.0502. The first-order valence-electron chi connectivity index (χ1n) is 9.74. The minimum Gasteiger partial charge on any atom is -0.358 e. The van der Waals surface area contributed by atoms with E-state index in [4.69, 9.17) is 23.9 Å². The highest BCUT2D eigenvalue weighted by Crippen LogP contribution is 2.37. The van der Waals surface area contributed by atoms with E-state index in [0.29, 0.717) is 44.6 Å². The Kier molecular flexibility index (Phi) is 9.81. The lowest BCUT2D eigenvalue weighted by Crippen LogP contribution is -2.54. The number of carbonyl (C=O) groups is 1. The van der Waals surface area contributed by atoms with Gasteiger partial charge in [0, 0.05) is 38.0 Å². The molecular formula is C22H22N2O7S. The van der Waals surface area contributed by atoms with E-state index in [-0.39, 0.29) is 18.2 Å². The molecule has 1 unspecified atom stereocenters. The van der Waals surface area contributed by atoms with Crippen molar-refractivity contribution in [3.63, 3.8) is 0 Å². The summed E-state index contributed by atoms with van der Waals surface area (Å²) in [6.07, 6.45) is 1.84. The molecule has 32 heavy (non-hydrogen) atoms. The van der Waals surface area contributed by atoms with Gasteiger partial charge in [-0.05, 0) is 24.3 Å². The van der Waals surface area contributed by atoms with Crippen molar-refractivity contribution in [1.29, 1.82) is 0 Å². The number of hydrogen-bond donors (Lipinski definition) is 0. The third-order valence-electron chi connectivity index (χ3n) is 5.12. The molecule has 2 heterocycles. The molecule has 2 aliphatic rings. The number of likely N-dealkylation sites (tertiary alicyclic amines) is 1. The number of piperidine rings is 1. The monoisotopic (exact) mass is 458 g/mol. The van der Waals surface area contributed by atoms with Gasteiger partial charge in [0.25, 0.3) is 5.91 Å². The van der Waals surface area contributed by atoms with Crippen LogP contribution < -0.4 is 0 Å². The minimum absolute atomic E-state index is 0.0502. The Morgan fingerprint density at radius 3 is 1.88 bits per heavy atom. The fourth-order valence-corrected chi connectivity index (χ4v) is 5.13. The Labute approximate surface area is 187 Å². The van der Waals surface area contributed by atoms with E-state index in [1.54, 1.807) is 0 Å². The van der Waals surface area contributed by atoms with Crippen LogP contribution in [0.3, 0.4) is 0 Å². The molecule has 0 radical (unpaired) electrons. The van der Waals surface area contributed by atoms with Gasteiger partial charge < -0.3 is 9.64 Å².